The number of halogens is 1. The molecule has 5 nitrogen and oxygen atoms in total. The Morgan fingerprint density at radius 3 is 2.18 bits per heavy atom. The number of nitrogens with one attached hydrogen (secondary N) is 1. The predicted octanol–water partition coefficient (Wildman–Crippen LogP) is 3.29. The smallest absolute Gasteiger partial charge is 0.243 e. The summed E-state index contributed by atoms with van der Waals surface area (Å²) in [6, 6.07) is 12.5. The third-order valence-corrected chi connectivity index (χ3v) is 5.78. The fraction of sp³-hybridized carbons (Fsp3) is 0.381. The monoisotopic (exact) mass is 406 g/mol. The van der Waals surface area contributed by atoms with Crippen molar-refractivity contribution in [1.82, 2.24) is 5.32 Å². The molecular formula is C21H27FN2O3S. The molecule has 0 aliphatic carbocycles. The van der Waals surface area contributed by atoms with E-state index in [1.54, 1.807) is 31.2 Å². The molecule has 152 valence electrons. The van der Waals surface area contributed by atoms with Crippen molar-refractivity contribution in [3.63, 3.8) is 0 Å². The fourth-order valence-corrected chi connectivity index (χ4v) is 4.17. The van der Waals surface area contributed by atoms with Crippen LogP contribution >= 0.6 is 0 Å². The normalized spacial score (nSPS) is 12.4. The number of benzene rings is 2. The molecule has 2 rings (SSSR count). The summed E-state index contributed by atoms with van der Waals surface area (Å²) in [5.74, 6) is -0.636. The summed E-state index contributed by atoms with van der Waals surface area (Å²) in [6.07, 6.45) is 3.32. The number of hydrogen-bond acceptors (Lipinski definition) is 3. The second-order valence-corrected chi connectivity index (χ2v) is 8.64. The highest BCUT2D eigenvalue weighted by Crippen LogP contribution is 2.21. The van der Waals surface area contributed by atoms with E-state index in [0.29, 0.717) is 25.1 Å². The van der Waals surface area contributed by atoms with Gasteiger partial charge in [-0.05, 0) is 61.6 Å². The van der Waals surface area contributed by atoms with Crippen molar-refractivity contribution in [1.29, 1.82) is 0 Å². The quantitative estimate of drug-likeness (QED) is 0.650. The van der Waals surface area contributed by atoms with Gasteiger partial charge in [0, 0.05) is 6.54 Å². The zero-order valence-electron chi connectivity index (χ0n) is 16.5. The zero-order valence-corrected chi connectivity index (χ0v) is 17.3. The Morgan fingerprint density at radius 2 is 1.64 bits per heavy atom. The molecule has 2 aromatic carbocycles. The molecule has 0 aromatic heterocycles. The second-order valence-electron chi connectivity index (χ2n) is 6.78. The standard InChI is InChI=1S/C21H27FN2O3S/c1-4-17-9-13-20(14-10-17)24(28(3,26)27)16(2)21(25)23-15-5-6-18-7-11-19(22)12-8-18/h7-14,16H,4-6,15H2,1-3H3,(H,23,25)/t16-/m0/s1. The van der Waals surface area contributed by atoms with Gasteiger partial charge < -0.3 is 5.32 Å². The summed E-state index contributed by atoms with van der Waals surface area (Å²) in [5.41, 5.74) is 2.54. The third-order valence-electron chi connectivity index (χ3n) is 4.54. The summed E-state index contributed by atoms with van der Waals surface area (Å²) in [6.45, 7) is 4.00. The number of carbonyl (C=O) groups is 1. The summed E-state index contributed by atoms with van der Waals surface area (Å²) in [5, 5.41) is 2.79. The fourth-order valence-electron chi connectivity index (χ4n) is 2.99. The van der Waals surface area contributed by atoms with Gasteiger partial charge in [0.05, 0.1) is 11.9 Å². The van der Waals surface area contributed by atoms with Crippen molar-refractivity contribution in [2.75, 3.05) is 17.1 Å². The minimum atomic E-state index is -3.62. The van der Waals surface area contributed by atoms with Crippen LogP contribution in [-0.4, -0.2) is 33.2 Å². The Labute approximate surface area is 166 Å². The van der Waals surface area contributed by atoms with Crippen LogP contribution in [-0.2, 0) is 27.7 Å². The van der Waals surface area contributed by atoms with Crippen molar-refractivity contribution in [3.8, 4) is 0 Å². The maximum absolute atomic E-state index is 12.9. The average molecular weight is 407 g/mol. The molecule has 0 spiro atoms. The van der Waals surface area contributed by atoms with E-state index in [-0.39, 0.29) is 11.7 Å². The van der Waals surface area contributed by atoms with Crippen LogP contribution in [0.25, 0.3) is 0 Å². The van der Waals surface area contributed by atoms with Crippen LogP contribution in [0.5, 0.6) is 0 Å². The Morgan fingerprint density at radius 1 is 1.07 bits per heavy atom. The molecule has 0 radical (unpaired) electrons. The van der Waals surface area contributed by atoms with E-state index in [1.807, 2.05) is 19.1 Å². The zero-order chi connectivity index (χ0) is 20.7. The summed E-state index contributed by atoms with van der Waals surface area (Å²) < 4.78 is 38.6. The van der Waals surface area contributed by atoms with E-state index in [4.69, 9.17) is 0 Å². The van der Waals surface area contributed by atoms with Crippen LogP contribution in [0.15, 0.2) is 48.5 Å². The van der Waals surface area contributed by atoms with Gasteiger partial charge in [0.2, 0.25) is 15.9 Å². The SMILES string of the molecule is CCc1ccc(N([C@@H](C)C(=O)NCCCc2ccc(F)cc2)S(C)(=O)=O)cc1. The van der Waals surface area contributed by atoms with Gasteiger partial charge >= 0.3 is 0 Å². The molecule has 1 atom stereocenters. The summed E-state index contributed by atoms with van der Waals surface area (Å²) in [7, 11) is -3.62. The molecule has 2 aromatic rings. The van der Waals surface area contributed by atoms with E-state index in [0.717, 1.165) is 28.1 Å². The van der Waals surface area contributed by atoms with Gasteiger partial charge in [-0.15, -0.1) is 0 Å². The van der Waals surface area contributed by atoms with Gasteiger partial charge in [-0.1, -0.05) is 31.2 Å². The van der Waals surface area contributed by atoms with E-state index in [9.17, 15) is 17.6 Å². The number of hydrogen-bond donors (Lipinski definition) is 1. The minimum absolute atomic E-state index is 0.279. The van der Waals surface area contributed by atoms with Crippen LogP contribution < -0.4 is 9.62 Å². The lowest BCUT2D eigenvalue weighted by Gasteiger charge is -2.28. The maximum atomic E-state index is 12.9. The molecule has 1 N–H and O–H groups in total. The number of rotatable bonds is 9. The molecule has 7 heteroatoms. The van der Waals surface area contributed by atoms with Crippen molar-refractivity contribution in [2.45, 2.75) is 39.2 Å². The molecule has 0 bridgehead atoms. The molecule has 28 heavy (non-hydrogen) atoms. The van der Waals surface area contributed by atoms with Gasteiger partial charge in [-0.25, -0.2) is 12.8 Å². The molecular weight excluding hydrogens is 379 g/mol. The lowest BCUT2D eigenvalue weighted by Crippen LogP contribution is -2.48. The van der Waals surface area contributed by atoms with Crippen molar-refractivity contribution >= 4 is 21.6 Å². The van der Waals surface area contributed by atoms with Gasteiger partial charge in [-0.3, -0.25) is 9.10 Å². The molecule has 0 fully saturated rings. The van der Waals surface area contributed by atoms with E-state index in [2.05, 4.69) is 5.32 Å². The molecule has 0 saturated carbocycles. The highest BCUT2D eigenvalue weighted by molar-refractivity contribution is 7.92. The first-order chi connectivity index (χ1) is 13.2. The first-order valence-corrected chi connectivity index (χ1v) is 11.2. The van der Waals surface area contributed by atoms with Crippen LogP contribution in [0.4, 0.5) is 10.1 Å². The van der Waals surface area contributed by atoms with E-state index < -0.39 is 16.1 Å². The predicted molar refractivity (Wildman–Crippen MR) is 110 cm³/mol. The number of anilines is 1. The number of aryl methyl sites for hydroxylation is 2. The molecule has 0 saturated heterocycles. The lowest BCUT2D eigenvalue weighted by atomic mass is 10.1. The molecule has 0 unspecified atom stereocenters. The van der Waals surface area contributed by atoms with Crippen molar-refractivity contribution < 1.29 is 17.6 Å². The summed E-state index contributed by atoms with van der Waals surface area (Å²) >= 11 is 0. The van der Waals surface area contributed by atoms with E-state index in [1.165, 1.54) is 12.1 Å². The number of carbonyl (C=O) groups excluding carboxylic acids is 1. The second kappa shape index (κ2) is 9.68. The van der Waals surface area contributed by atoms with Crippen LogP contribution in [0.2, 0.25) is 0 Å². The minimum Gasteiger partial charge on any atom is -0.354 e. The van der Waals surface area contributed by atoms with Gasteiger partial charge in [-0.2, -0.15) is 0 Å². The van der Waals surface area contributed by atoms with E-state index >= 15 is 0 Å². The van der Waals surface area contributed by atoms with Crippen LogP contribution in [0.3, 0.4) is 0 Å². The molecule has 1 amide bonds. The number of sulfonamides is 1. The van der Waals surface area contributed by atoms with Gasteiger partial charge in [0.25, 0.3) is 0 Å². The number of nitrogens with zero attached hydrogens (tertiary/aromatic N) is 1. The first kappa shape index (κ1) is 21.9. The Balaban J connectivity index is 1.97. The highest BCUT2D eigenvalue weighted by atomic mass is 32.2. The Bertz CT molecular complexity index is 881. The highest BCUT2D eigenvalue weighted by Gasteiger charge is 2.28. The average Bonchev–Trinajstić information content (AvgIpc) is 2.66. The molecule has 0 heterocycles. The topological polar surface area (TPSA) is 66.5 Å². The maximum Gasteiger partial charge on any atom is 0.243 e. The van der Waals surface area contributed by atoms with Crippen LogP contribution in [0.1, 0.15) is 31.4 Å². The Kier molecular flexibility index (Phi) is 7.57. The van der Waals surface area contributed by atoms with Gasteiger partial charge in [0.1, 0.15) is 11.9 Å². The number of amides is 1. The van der Waals surface area contributed by atoms with Crippen molar-refractivity contribution in [2.24, 2.45) is 0 Å². The largest absolute Gasteiger partial charge is 0.354 e. The van der Waals surface area contributed by atoms with Crippen LogP contribution in [0, 0.1) is 5.82 Å². The molecule has 0 aliphatic rings. The molecule has 0 aliphatic heterocycles. The third kappa shape index (κ3) is 6.05. The first-order valence-electron chi connectivity index (χ1n) is 9.33. The Hall–Kier alpha value is -2.41. The lowest BCUT2D eigenvalue weighted by molar-refractivity contribution is -0.121. The van der Waals surface area contributed by atoms with Gasteiger partial charge in [0.15, 0.2) is 0 Å². The summed E-state index contributed by atoms with van der Waals surface area (Å²) in [4.78, 5) is 12.5. The van der Waals surface area contributed by atoms with Crippen molar-refractivity contribution in [3.05, 3.63) is 65.5 Å².